The SMILES string of the molecule is CCn1c(SCC(=O)N/N=C(\C)c2cccc(Br)c2)nnc1-c1ccc(C(C)(C)C)cc1. The van der Waals surface area contributed by atoms with Crippen LogP contribution in [0.15, 0.2) is 63.3 Å². The second-order valence-electron chi connectivity index (χ2n) is 8.41. The first-order chi connectivity index (χ1) is 15.2. The third-order valence-electron chi connectivity index (χ3n) is 4.97. The number of hydrogen-bond donors (Lipinski definition) is 1. The minimum atomic E-state index is -0.189. The molecule has 6 nitrogen and oxygen atoms in total. The van der Waals surface area contributed by atoms with Crippen molar-refractivity contribution in [1.29, 1.82) is 0 Å². The first-order valence-electron chi connectivity index (χ1n) is 10.4. The zero-order valence-electron chi connectivity index (χ0n) is 19.0. The van der Waals surface area contributed by atoms with E-state index < -0.39 is 0 Å². The highest BCUT2D eigenvalue weighted by Gasteiger charge is 2.17. The largest absolute Gasteiger partial charge is 0.302 e. The molecular formula is C24H28BrN5OS. The van der Waals surface area contributed by atoms with Crippen molar-refractivity contribution in [2.75, 3.05) is 5.75 Å². The van der Waals surface area contributed by atoms with Crippen LogP contribution in [0.25, 0.3) is 11.4 Å². The minimum absolute atomic E-state index is 0.100. The summed E-state index contributed by atoms with van der Waals surface area (Å²) in [5.74, 6) is 0.821. The average molecular weight is 514 g/mol. The molecule has 3 rings (SSSR count). The molecule has 32 heavy (non-hydrogen) atoms. The van der Waals surface area contributed by atoms with Crippen LogP contribution in [-0.4, -0.2) is 32.1 Å². The van der Waals surface area contributed by atoms with Crippen LogP contribution < -0.4 is 5.43 Å². The Morgan fingerprint density at radius 3 is 2.50 bits per heavy atom. The summed E-state index contributed by atoms with van der Waals surface area (Å²) < 4.78 is 2.99. The second-order valence-corrected chi connectivity index (χ2v) is 10.3. The molecule has 0 fully saturated rings. The van der Waals surface area contributed by atoms with Crippen molar-refractivity contribution >= 4 is 39.3 Å². The Morgan fingerprint density at radius 1 is 1.16 bits per heavy atom. The van der Waals surface area contributed by atoms with Crippen molar-refractivity contribution in [3.63, 3.8) is 0 Å². The Morgan fingerprint density at radius 2 is 1.88 bits per heavy atom. The van der Waals surface area contributed by atoms with Gasteiger partial charge in [0.25, 0.3) is 5.91 Å². The van der Waals surface area contributed by atoms with E-state index in [0.29, 0.717) is 11.7 Å². The molecule has 1 aromatic heterocycles. The van der Waals surface area contributed by atoms with E-state index in [2.05, 4.69) is 81.7 Å². The van der Waals surface area contributed by atoms with Crippen molar-refractivity contribution < 1.29 is 4.79 Å². The van der Waals surface area contributed by atoms with Crippen LogP contribution in [0, 0.1) is 0 Å². The van der Waals surface area contributed by atoms with E-state index in [9.17, 15) is 4.79 Å². The molecule has 0 aliphatic heterocycles. The fourth-order valence-electron chi connectivity index (χ4n) is 3.10. The lowest BCUT2D eigenvalue weighted by molar-refractivity contribution is -0.118. The molecule has 0 radical (unpaired) electrons. The molecule has 1 N–H and O–H groups in total. The van der Waals surface area contributed by atoms with Gasteiger partial charge in [-0.1, -0.05) is 84.9 Å². The molecule has 8 heteroatoms. The summed E-state index contributed by atoms with van der Waals surface area (Å²) in [6.45, 7) is 11.2. The van der Waals surface area contributed by atoms with Gasteiger partial charge in [0.05, 0.1) is 11.5 Å². The molecule has 0 aliphatic carbocycles. The number of aromatic nitrogens is 3. The zero-order valence-corrected chi connectivity index (χ0v) is 21.4. The Kier molecular flexibility index (Phi) is 7.90. The number of halogens is 1. The average Bonchev–Trinajstić information content (AvgIpc) is 3.18. The minimum Gasteiger partial charge on any atom is -0.302 e. The fraction of sp³-hybridized carbons (Fsp3) is 0.333. The van der Waals surface area contributed by atoms with Gasteiger partial charge in [0, 0.05) is 16.6 Å². The van der Waals surface area contributed by atoms with Gasteiger partial charge in [-0.3, -0.25) is 4.79 Å². The molecule has 0 spiro atoms. The van der Waals surface area contributed by atoms with Crippen molar-refractivity contribution in [2.45, 2.75) is 51.7 Å². The number of rotatable bonds is 7. The molecule has 3 aromatic rings. The number of nitrogens with one attached hydrogen (secondary N) is 1. The molecule has 168 valence electrons. The van der Waals surface area contributed by atoms with E-state index in [4.69, 9.17) is 0 Å². The van der Waals surface area contributed by atoms with Gasteiger partial charge < -0.3 is 4.57 Å². The molecule has 0 aliphatic rings. The van der Waals surface area contributed by atoms with Gasteiger partial charge in [-0.05, 0) is 42.5 Å². The van der Waals surface area contributed by atoms with Crippen LogP contribution in [0.4, 0.5) is 0 Å². The van der Waals surface area contributed by atoms with Crippen LogP contribution in [0.5, 0.6) is 0 Å². The highest BCUT2D eigenvalue weighted by atomic mass is 79.9. The summed E-state index contributed by atoms with van der Waals surface area (Å²) >= 11 is 4.80. The monoisotopic (exact) mass is 513 g/mol. The van der Waals surface area contributed by atoms with Gasteiger partial charge in [0.1, 0.15) is 0 Å². The summed E-state index contributed by atoms with van der Waals surface area (Å²) in [7, 11) is 0. The third-order valence-corrected chi connectivity index (χ3v) is 6.43. The van der Waals surface area contributed by atoms with Crippen LogP contribution in [0.3, 0.4) is 0 Å². The lowest BCUT2D eigenvalue weighted by atomic mass is 9.87. The first kappa shape index (κ1) is 24.2. The number of carbonyl (C=O) groups excluding carboxylic acids is 1. The Labute approximate surface area is 202 Å². The number of nitrogens with zero attached hydrogens (tertiary/aromatic N) is 4. The molecule has 0 atom stereocenters. The fourth-order valence-corrected chi connectivity index (χ4v) is 4.29. The van der Waals surface area contributed by atoms with Gasteiger partial charge in [-0.25, -0.2) is 5.43 Å². The lowest BCUT2D eigenvalue weighted by Crippen LogP contribution is -2.21. The Hall–Kier alpha value is -2.45. The maximum atomic E-state index is 12.3. The maximum absolute atomic E-state index is 12.3. The molecule has 0 unspecified atom stereocenters. The molecule has 1 amide bonds. The summed E-state index contributed by atoms with van der Waals surface area (Å²) in [6, 6.07) is 16.2. The van der Waals surface area contributed by atoms with Crippen LogP contribution in [0.1, 0.15) is 45.7 Å². The zero-order chi connectivity index (χ0) is 23.3. The van der Waals surface area contributed by atoms with E-state index in [1.807, 2.05) is 42.7 Å². The lowest BCUT2D eigenvalue weighted by Gasteiger charge is -2.19. The normalized spacial score (nSPS) is 12.1. The Balaban J connectivity index is 1.65. The van der Waals surface area contributed by atoms with Crippen molar-refractivity contribution in [3.05, 3.63) is 64.1 Å². The molecular weight excluding hydrogens is 486 g/mol. The van der Waals surface area contributed by atoms with Gasteiger partial charge in [-0.15, -0.1) is 10.2 Å². The predicted molar refractivity (Wildman–Crippen MR) is 135 cm³/mol. The summed E-state index contributed by atoms with van der Waals surface area (Å²) in [6.07, 6.45) is 0. The molecule has 2 aromatic carbocycles. The van der Waals surface area contributed by atoms with Gasteiger partial charge >= 0.3 is 0 Å². The van der Waals surface area contributed by atoms with Crippen LogP contribution >= 0.6 is 27.7 Å². The number of carbonyl (C=O) groups is 1. The highest BCUT2D eigenvalue weighted by Crippen LogP contribution is 2.27. The summed E-state index contributed by atoms with van der Waals surface area (Å²) in [4.78, 5) is 12.3. The van der Waals surface area contributed by atoms with Gasteiger partial charge in [0.15, 0.2) is 11.0 Å². The quantitative estimate of drug-likeness (QED) is 0.251. The number of hydrogen-bond acceptors (Lipinski definition) is 5. The maximum Gasteiger partial charge on any atom is 0.250 e. The Bertz CT molecular complexity index is 1120. The summed E-state index contributed by atoms with van der Waals surface area (Å²) in [5, 5.41) is 13.6. The smallest absolute Gasteiger partial charge is 0.250 e. The number of amides is 1. The first-order valence-corrected chi connectivity index (χ1v) is 12.2. The van der Waals surface area contributed by atoms with E-state index in [0.717, 1.165) is 27.1 Å². The van der Waals surface area contributed by atoms with Crippen molar-refractivity contribution in [1.82, 2.24) is 20.2 Å². The third kappa shape index (κ3) is 6.07. The highest BCUT2D eigenvalue weighted by molar-refractivity contribution is 9.10. The van der Waals surface area contributed by atoms with Crippen molar-refractivity contribution in [2.24, 2.45) is 5.10 Å². The predicted octanol–water partition coefficient (Wildman–Crippen LogP) is 5.66. The summed E-state index contributed by atoms with van der Waals surface area (Å²) in [5.41, 5.74) is 6.69. The number of hydrazone groups is 1. The number of thioether (sulfide) groups is 1. The molecule has 1 heterocycles. The van der Waals surface area contributed by atoms with E-state index in [1.54, 1.807) is 0 Å². The molecule has 0 saturated heterocycles. The van der Waals surface area contributed by atoms with Crippen LogP contribution in [0.2, 0.25) is 0 Å². The molecule has 0 saturated carbocycles. The molecule has 0 bridgehead atoms. The van der Waals surface area contributed by atoms with Gasteiger partial charge in [0.2, 0.25) is 0 Å². The van der Waals surface area contributed by atoms with Gasteiger partial charge in [-0.2, -0.15) is 5.10 Å². The van der Waals surface area contributed by atoms with E-state index >= 15 is 0 Å². The topological polar surface area (TPSA) is 72.2 Å². The van der Waals surface area contributed by atoms with Crippen LogP contribution in [-0.2, 0) is 16.8 Å². The number of benzene rings is 2. The van der Waals surface area contributed by atoms with Crippen molar-refractivity contribution in [3.8, 4) is 11.4 Å². The second kappa shape index (κ2) is 10.4. The van der Waals surface area contributed by atoms with E-state index in [1.165, 1.54) is 17.3 Å². The standard InChI is InChI=1S/C24H28BrN5OS/c1-6-30-22(17-10-12-19(13-11-17)24(3,4)5)28-29-23(30)32-15-21(31)27-26-16(2)18-8-7-9-20(25)14-18/h7-14H,6,15H2,1-5H3,(H,27,31)/b26-16+. The van der Waals surface area contributed by atoms with E-state index in [-0.39, 0.29) is 17.1 Å².